The predicted octanol–water partition coefficient (Wildman–Crippen LogP) is 4.16. The van der Waals surface area contributed by atoms with Crippen LogP contribution in [0.5, 0.6) is 5.75 Å². The molecule has 0 aromatic heterocycles. The number of ether oxygens (including phenoxy) is 1. The van der Waals surface area contributed by atoms with Gasteiger partial charge in [-0.05, 0) is 55.3 Å². The fourth-order valence-corrected chi connectivity index (χ4v) is 2.73. The second-order valence-electron chi connectivity index (χ2n) is 6.14. The lowest BCUT2D eigenvalue weighted by Crippen LogP contribution is -2.33. The maximum absolute atomic E-state index is 12.2. The average Bonchev–Trinajstić information content (AvgIpc) is 2.64. The molecule has 2 amide bonds. The summed E-state index contributed by atoms with van der Waals surface area (Å²) in [6.07, 6.45) is 0.963. The van der Waals surface area contributed by atoms with Gasteiger partial charge in [-0.15, -0.1) is 0 Å². The highest BCUT2D eigenvalue weighted by Gasteiger charge is 2.11. The normalized spacial score (nSPS) is 10.3. The van der Waals surface area contributed by atoms with Crippen LogP contribution in [-0.4, -0.2) is 36.4 Å². The van der Waals surface area contributed by atoms with Crippen LogP contribution in [0, 0.1) is 0 Å². The molecule has 27 heavy (non-hydrogen) atoms. The van der Waals surface area contributed by atoms with Crippen molar-refractivity contribution in [2.24, 2.45) is 0 Å². The topological polar surface area (TPSA) is 58.6 Å². The maximum Gasteiger partial charge on any atom is 0.226 e. The minimum atomic E-state index is -0.128. The van der Waals surface area contributed by atoms with Gasteiger partial charge in [0.05, 0.1) is 6.61 Å². The Hall–Kier alpha value is -2.53. The minimum Gasteiger partial charge on any atom is -0.494 e. The second kappa shape index (κ2) is 10.6. The number of benzene rings is 2. The van der Waals surface area contributed by atoms with E-state index < -0.39 is 0 Å². The Morgan fingerprint density at radius 1 is 1.04 bits per heavy atom. The van der Waals surface area contributed by atoms with Gasteiger partial charge in [0, 0.05) is 37.1 Å². The molecule has 2 rings (SSSR count). The number of amides is 2. The van der Waals surface area contributed by atoms with Crippen LogP contribution in [0.1, 0.15) is 25.8 Å². The van der Waals surface area contributed by atoms with Crippen LogP contribution >= 0.6 is 11.6 Å². The largest absolute Gasteiger partial charge is 0.494 e. The number of hydrogen-bond donors (Lipinski definition) is 1. The van der Waals surface area contributed by atoms with Gasteiger partial charge in [-0.3, -0.25) is 9.59 Å². The predicted molar refractivity (Wildman–Crippen MR) is 108 cm³/mol. The molecule has 0 bridgehead atoms. The van der Waals surface area contributed by atoms with Crippen molar-refractivity contribution in [1.82, 2.24) is 4.90 Å². The lowest BCUT2D eigenvalue weighted by Gasteiger charge is -2.21. The molecule has 0 aliphatic rings. The van der Waals surface area contributed by atoms with Crippen molar-refractivity contribution in [3.63, 3.8) is 0 Å². The Bertz CT molecular complexity index is 745. The molecule has 0 spiro atoms. The summed E-state index contributed by atoms with van der Waals surface area (Å²) in [7, 11) is 0. The summed E-state index contributed by atoms with van der Waals surface area (Å²) in [5, 5.41) is 3.53. The molecule has 0 aliphatic heterocycles. The number of halogens is 1. The standard InChI is InChI=1S/C21H25ClN2O3/c1-3-27-20-10-8-19(9-11-20)23-21(26)13-15-24(16(2)25)14-12-17-4-6-18(22)7-5-17/h4-11H,3,12-15H2,1-2H3,(H,23,26). The van der Waals surface area contributed by atoms with Gasteiger partial charge in [-0.2, -0.15) is 0 Å². The first kappa shape index (κ1) is 20.8. The minimum absolute atomic E-state index is 0.0437. The van der Waals surface area contributed by atoms with Crippen molar-refractivity contribution < 1.29 is 14.3 Å². The molecule has 0 atom stereocenters. The van der Waals surface area contributed by atoms with E-state index in [2.05, 4.69) is 5.32 Å². The molecule has 0 aliphatic carbocycles. The van der Waals surface area contributed by atoms with Crippen molar-refractivity contribution in [3.8, 4) is 5.75 Å². The van der Waals surface area contributed by atoms with E-state index in [0.717, 1.165) is 17.7 Å². The van der Waals surface area contributed by atoms with Gasteiger partial charge in [-0.1, -0.05) is 23.7 Å². The molecule has 1 N–H and O–H groups in total. The second-order valence-corrected chi connectivity index (χ2v) is 6.57. The molecular formula is C21H25ClN2O3. The number of anilines is 1. The molecule has 144 valence electrons. The van der Waals surface area contributed by atoms with E-state index >= 15 is 0 Å². The van der Waals surface area contributed by atoms with Gasteiger partial charge >= 0.3 is 0 Å². The molecule has 5 nitrogen and oxygen atoms in total. The number of carbonyl (C=O) groups excluding carboxylic acids is 2. The SMILES string of the molecule is CCOc1ccc(NC(=O)CCN(CCc2ccc(Cl)cc2)C(C)=O)cc1. The summed E-state index contributed by atoms with van der Waals surface area (Å²) >= 11 is 5.88. The highest BCUT2D eigenvalue weighted by Crippen LogP contribution is 2.16. The van der Waals surface area contributed by atoms with Crippen LogP contribution < -0.4 is 10.1 Å². The Morgan fingerprint density at radius 2 is 1.70 bits per heavy atom. The van der Waals surface area contributed by atoms with Gasteiger partial charge in [0.1, 0.15) is 5.75 Å². The zero-order valence-corrected chi connectivity index (χ0v) is 16.5. The Balaban J connectivity index is 1.80. The molecule has 0 saturated carbocycles. The molecule has 0 heterocycles. The molecule has 6 heteroatoms. The number of nitrogens with zero attached hydrogens (tertiary/aromatic N) is 1. The van der Waals surface area contributed by atoms with Gasteiger partial charge in [-0.25, -0.2) is 0 Å². The van der Waals surface area contributed by atoms with E-state index in [9.17, 15) is 9.59 Å². The van der Waals surface area contributed by atoms with Gasteiger partial charge < -0.3 is 15.0 Å². The van der Waals surface area contributed by atoms with Crippen molar-refractivity contribution in [1.29, 1.82) is 0 Å². The van der Waals surface area contributed by atoms with E-state index in [1.807, 2.05) is 43.3 Å². The monoisotopic (exact) mass is 388 g/mol. The lowest BCUT2D eigenvalue weighted by atomic mass is 10.1. The molecule has 2 aromatic carbocycles. The summed E-state index contributed by atoms with van der Waals surface area (Å²) in [4.78, 5) is 25.7. The van der Waals surface area contributed by atoms with E-state index in [1.165, 1.54) is 6.92 Å². The maximum atomic E-state index is 12.2. The Morgan fingerprint density at radius 3 is 2.30 bits per heavy atom. The average molecular weight is 389 g/mol. The highest BCUT2D eigenvalue weighted by atomic mass is 35.5. The molecule has 0 radical (unpaired) electrons. The molecule has 0 fully saturated rings. The number of rotatable bonds is 9. The summed E-state index contributed by atoms with van der Waals surface area (Å²) < 4.78 is 5.38. The Labute approximate surface area is 165 Å². The lowest BCUT2D eigenvalue weighted by molar-refractivity contribution is -0.129. The van der Waals surface area contributed by atoms with Crippen molar-refractivity contribution in [2.45, 2.75) is 26.7 Å². The first-order chi connectivity index (χ1) is 13.0. The Kier molecular flexibility index (Phi) is 8.14. The number of hydrogen-bond acceptors (Lipinski definition) is 3. The first-order valence-electron chi connectivity index (χ1n) is 9.00. The summed E-state index contributed by atoms with van der Waals surface area (Å²) in [5.41, 5.74) is 1.81. The third kappa shape index (κ3) is 7.31. The zero-order chi connectivity index (χ0) is 19.6. The molecule has 0 unspecified atom stereocenters. The van der Waals surface area contributed by atoms with Crippen LogP contribution in [-0.2, 0) is 16.0 Å². The molecule has 0 saturated heterocycles. The van der Waals surface area contributed by atoms with Crippen molar-refractivity contribution in [3.05, 3.63) is 59.1 Å². The number of carbonyl (C=O) groups is 2. The van der Waals surface area contributed by atoms with Crippen LogP contribution in [0.4, 0.5) is 5.69 Å². The van der Waals surface area contributed by atoms with Gasteiger partial charge in [0.15, 0.2) is 0 Å². The van der Waals surface area contributed by atoms with Crippen LogP contribution in [0.25, 0.3) is 0 Å². The summed E-state index contributed by atoms with van der Waals surface area (Å²) in [6.45, 7) is 4.98. The fourth-order valence-electron chi connectivity index (χ4n) is 2.60. The van der Waals surface area contributed by atoms with E-state index in [0.29, 0.717) is 30.4 Å². The third-order valence-corrected chi connectivity index (χ3v) is 4.34. The number of nitrogens with one attached hydrogen (secondary N) is 1. The summed E-state index contributed by atoms with van der Waals surface area (Å²) in [5.74, 6) is 0.593. The van der Waals surface area contributed by atoms with Gasteiger partial charge in [0.25, 0.3) is 0 Å². The highest BCUT2D eigenvalue weighted by molar-refractivity contribution is 6.30. The molecular weight excluding hydrogens is 364 g/mol. The van der Waals surface area contributed by atoms with Crippen molar-refractivity contribution in [2.75, 3.05) is 25.0 Å². The van der Waals surface area contributed by atoms with Crippen molar-refractivity contribution >= 4 is 29.1 Å². The zero-order valence-electron chi connectivity index (χ0n) is 15.7. The molecule has 2 aromatic rings. The third-order valence-electron chi connectivity index (χ3n) is 4.09. The van der Waals surface area contributed by atoms with E-state index in [4.69, 9.17) is 16.3 Å². The van der Waals surface area contributed by atoms with Gasteiger partial charge in [0.2, 0.25) is 11.8 Å². The smallest absolute Gasteiger partial charge is 0.226 e. The van der Waals surface area contributed by atoms with E-state index in [1.54, 1.807) is 17.0 Å². The quantitative estimate of drug-likeness (QED) is 0.701. The van der Waals surface area contributed by atoms with Crippen LogP contribution in [0.3, 0.4) is 0 Å². The van der Waals surface area contributed by atoms with Crippen LogP contribution in [0.15, 0.2) is 48.5 Å². The van der Waals surface area contributed by atoms with Crippen LogP contribution in [0.2, 0.25) is 5.02 Å². The fraction of sp³-hybridized carbons (Fsp3) is 0.333. The summed E-state index contributed by atoms with van der Waals surface area (Å²) in [6, 6.07) is 14.8. The van der Waals surface area contributed by atoms with E-state index in [-0.39, 0.29) is 18.2 Å². The first-order valence-corrected chi connectivity index (χ1v) is 9.38.